The topological polar surface area (TPSA) is 183 Å². The summed E-state index contributed by atoms with van der Waals surface area (Å²) in [6.45, 7) is 27.5. The standard InChI is InChI=1S/2C36H42IO4.2C17H20F6O4.C6H15N.ClH/c2*1-23-16-32(14-15-33(23)37-29-8-6-26(7-9-29)35(2,3)4)40-31-12-10-30(11-13-31)39-22-34(38)41-36(5)27-18-24-17-25(20-27)21-28(36)19-24;2*1-13(18,19)12(24)27-14-4-9-2-10(5-14)17(11(3-9)6-14)25-7-15(20,21)16(22,23)8-26-17;1-4-7(5-2)6-3;/h2*6-16,24-25,27-28H,17-22H2,1-5H3;2*9-11H,2-8H2,1H3;4-6H2,1-3H3;1H/q2*+1;;;;. The van der Waals surface area contributed by atoms with Crippen molar-refractivity contribution in [3.05, 3.63) is 170 Å². The lowest BCUT2D eigenvalue weighted by molar-refractivity contribution is -0.894. The number of carbonyl (C=O) groups excluding carboxylic acids is 4. The van der Waals surface area contributed by atoms with Crippen LogP contribution in [-0.2, 0) is 67.9 Å². The Hall–Kier alpha value is -6.89. The SMILES string of the molecule is CC(F)(F)C(=O)OC12CC3CC(C1)C1(OCC(F)(F)C(F)(F)CO1)C(C3)C2.CC(F)(F)C(=O)OC12CC3CC(C1)C1(OCC(F)(F)C(F)(F)CO1)C(C3)C2.CC[NH+](CC)CC.Cc1cc(Oc2ccc(OCC(=O)OC3(C)C4CC5CC(C4)CC3C5)cc2)ccc1[I+]c1ccc(C(C)(C)C)cc1.Cc1cc(Oc2ccc(OCC(=O)OC3(C)C4CC5CC(C4)CC3C5)cc2)ccc1[I+]c1ccc(C(C)(C)C)cc1.[Cl-]. The van der Waals surface area contributed by atoms with Crippen LogP contribution >= 0.6 is 0 Å². The van der Waals surface area contributed by atoms with Crippen LogP contribution in [0.1, 0.15) is 241 Å². The monoisotopic (exact) mass is 2270 g/mol. The van der Waals surface area contributed by atoms with Crippen LogP contribution in [0.3, 0.4) is 0 Å². The summed E-state index contributed by atoms with van der Waals surface area (Å²) in [4.78, 5) is 50.7. The molecule has 6 aromatic carbocycles. The average Bonchev–Trinajstić information content (AvgIpc) is 1.21. The summed E-state index contributed by atoms with van der Waals surface area (Å²) in [6, 6.07) is 45.8. The molecular formula is C112H140ClF12I2NO16+2. The molecular weight excluding hydrogens is 2130 g/mol. The number of hydrogen-bond acceptors (Lipinski definition) is 16. The van der Waals surface area contributed by atoms with Crippen molar-refractivity contribution in [2.75, 3.05) is 59.3 Å². The molecule has 2 aliphatic heterocycles. The van der Waals surface area contributed by atoms with E-state index >= 15 is 0 Å². The maximum absolute atomic E-state index is 13.7. The Morgan fingerprint density at radius 1 is 0.354 bits per heavy atom. The first-order valence-electron chi connectivity index (χ1n) is 51.1. The van der Waals surface area contributed by atoms with Gasteiger partial charge in [-0.15, -0.1) is 0 Å². The maximum atomic E-state index is 13.7. The highest BCUT2D eigenvalue weighted by Crippen LogP contribution is 2.68. The second-order valence-electron chi connectivity index (χ2n) is 46.0. The number of hydrogen-bond donors (Lipinski definition) is 1. The van der Waals surface area contributed by atoms with Crippen LogP contribution in [0.5, 0.6) is 34.5 Å². The van der Waals surface area contributed by atoms with Crippen LogP contribution in [0.4, 0.5) is 52.7 Å². The van der Waals surface area contributed by atoms with Crippen LogP contribution in [0.15, 0.2) is 133 Å². The fraction of sp³-hybridized carbons (Fsp3) is 0.643. The molecule has 6 aromatic rings. The molecule has 4 atom stereocenters. The van der Waals surface area contributed by atoms with E-state index in [0.29, 0.717) is 87.5 Å². The van der Waals surface area contributed by atoms with Crippen LogP contribution in [0.2, 0.25) is 0 Å². The first-order valence-corrected chi connectivity index (χ1v) is 55.4. The van der Waals surface area contributed by atoms with E-state index < -0.39 is 120 Å². The maximum Gasteiger partial charge on any atom is 0.377 e. The number of nitrogens with one attached hydrogen (secondary N) is 1. The summed E-state index contributed by atoms with van der Waals surface area (Å²) in [5, 5.41) is 0. The minimum absolute atomic E-state index is 0. The number of esters is 4. The third-order valence-electron chi connectivity index (χ3n) is 33.5. The van der Waals surface area contributed by atoms with Crippen LogP contribution in [0.25, 0.3) is 0 Å². The van der Waals surface area contributed by atoms with E-state index in [-0.39, 0.29) is 140 Å². The molecule has 2 saturated heterocycles. The Morgan fingerprint density at radius 2 is 0.618 bits per heavy atom. The summed E-state index contributed by atoms with van der Waals surface area (Å²) in [5.41, 5.74) is 2.65. The molecule has 18 fully saturated rings. The molecule has 32 heteroatoms. The van der Waals surface area contributed by atoms with Gasteiger partial charge in [-0.25, -0.2) is 19.2 Å². The third-order valence-corrected chi connectivity index (χ3v) is 39.8. The predicted molar refractivity (Wildman–Crippen MR) is 502 cm³/mol. The highest BCUT2D eigenvalue weighted by atomic mass is 127. The van der Waals surface area contributed by atoms with Crippen molar-refractivity contribution < 1.29 is 188 Å². The summed E-state index contributed by atoms with van der Waals surface area (Å²) < 4.78 is 236. The zero-order chi connectivity index (χ0) is 103. The minimum atomic E-state index is -4.36. The molecule has 0 radical (unpaired) electrons. The van der Waals surface area contributed by atoms with E-state index in [1.54, 1.807) is 4.90 Å². The smallest absolute Gasteiger partial charge is 0.377 e. The summed E-state index contributed by atoms with van der Waals surface area (Å²) in [7, 11) is 0. The minimum Gasteiger partial charge on any atom is -1.00 e. The predicted octanol–water partition coefficient (Wildman–Crippen LogP) is 15.2. The van der Waals surface area contributed by atoms with Gasteiger partial charge in [0.05, 0.1) is 19.6 Å². The quantitative estimate of drug-likeness (QED) is 0.0276. The molecule has 144 heavy (non-hydrogen) atoms. The van der Waals surface area contributed by atoms with Gasteiger partial charge in [0.2, 0.25) is 0 Å². The molecule has 0 amide bonds. The number of ether oxygens (including phenoxy) is 12. The highest BCUT2D eigenvalue weighted by molar-refractivity contribution is 5.78. The van der Waals surface area contributed by atoms with Gasteiger partial charge >= 0.3 is 102 Å². The van der Waals surface area contributed by atoms with Gasteiger partial charge in [0.15, 0.2) is 39.1 Å². The molecule has 0 aromatic heterocycles. The van der Waals surface area contributed by atoms with E-state index in [1.165, 1.54) is 120 Å². The number of benzene rings is 6. The summed E-state index contributed by atoms with van der Waals surface area (Å²) in [6.07, 6.45) is 15.4. The highest BCUT2D eigenvalue weighted by Gasteiger charge is 2.73. The second-order valence-corrected chi connectivity index (χ2v) is 51.9. The van der Waals surface area contributed by atoms with Crippen LogP contribution < -0.4 is 78.7 Å². The van der Waals surface area contributed by atoms with Crippen LogP contribution in [0, 0.1) is 111 Å². The third kappa shape index (κ3) is 24.5. The van der Waals surface area contributed by atoms with Crippen molar-refractivity contribution in [2.24, 2.45) is 82.9 Å². The fourth-order valence-electron chi connectivity index (χ4n) is 26.3. The normalized spacial score (nSPS) is 31.1. The van der Waals surface area contributed by atoms with Gasteiger partial charge in [0, 0.05) is 48.6 Å². The zero-order valence-corrected chi connectivity index (χ0v) is 90.1. The molecule has 17 nitrogen and oxygen atoms in total. The Labute approximate surface area is 865 Å². The molecule has 1 N–H and O–H groups in total. The van der Waals surface area contributed by atoms with Crippen molar-refractivity contribution in [3.63, 3.8) is 0 Å². The second kappa shape index (κ2) is 42.7. The molecule has 16 aliphatic carbocycles. The Bertz CT molecular complexity index is 5010. The fourth-order valence-corrected chi connectivity index (χ4v) is 30.9. The first-order chi connectivity index (χ1) is 67.0. The van der Waals surface area contributed by atoms with Gasteiger partial charge in [-0.1, -0.05) is 65.8 Å². The largest absolute Gasteiger partial charge is 1.00 e. The molecule has 4 unspecified atom stereocenters. The lowest BCUT2D eigenvalue weighted by atomic mass is 9.50. The van der Waals surface area contributed by atoms with Gasteiger partial charge in [-0.05, 0) is 367 Å². The number of quaternary nitrogens is 1. The molecule has 2 spiro atoms. The van der Waals surface area contributed by atoms with Gasteiger partial charge in [0.25, 0.3) is 0 Å². The van der Waals surface area contributed by atoms with Crippen molar-refractivity contribution in [2.45, 2.75) is 313 Å². The van der Waals surface area contributed by atoms with Gasteiger partial charge in [0.1, 0.15) is 83.3 Å². The van der Waals surface area contributed by atoms with Crippen molar-refractivity contribution in [1.29, 1.82) is 0 Å². The van der Waals surface area contributed by atoms with E-state index in [4.69, 9.17) is 56.8 Å². The Balaban J connectivity index is 0.000000143. The number of rotatable bonds is 23. The summed E-state index contributed by atoms with van der Waals surface area (Å²) >= 11 is -0.506. The van der Waals surface area contributed by atoms with E-state index in [0.717, 1.165) is 46.7 Å². The molecule has 18 aliphatic rings. The lowest BCUT2D eigenvalue weighted by Crippen LogP contribution is -3.61. The van der Waals surface area contributed by atoms with Crippen molar-refractivity contribution >= 4 is 23.9 Å². The average molecular weight is 2270 g/mol. The van der Waals surface area contributed by atoms with Crippen molar-refractivity contribution in [1.82, 2.24) is 0 Å². The number of halogens is 15. The first kappa shape index (κ1) is 111. The lowest BCUT2D eigenvalue weighted by Gasteiger charge is -2.63. The Kier molecular flexibility index (Phi) is 33.0. The van der Waals surface area contributed by atoms with E-state index in [2.05, 4.69) is 175 Å². The number of alkyl halides is 12. The van der Waals surface area contributed by atoms with Gasteiger partial charge < -0.3 is 74.1 Å². The van der Waals surface area contributed by atoms with Gasteiger partial charge in [-0.2, -0.15) is 52.7 Å². The Morgan fingerprint density at radius 3 is 0.868 bits per heavy atom. The molecule has 16 saturated carbocycles. The molecule has 792 valence electrons. The van der Waals surface area contributed by atoms with E-state index in [1.807, 2.05) is 48.5 Å². The molecule has 2 heterocycles. The molecule has 24 rings (SSSR count). The van der Waals surface area contributed by atoms with Crippen molar-refractivity contribution in [3.8, 4) is 34.5 Å². The van der Waals surface area contributed by atoms with E-state index in [9.17, 15) is 71.9 Å². The number of carbonyl (C=O) groups is 4. The number of aryl methyl sites for hydroxylation is 2. The zero-order valence-electron chi connectivity index (χ0n) is 85.0. The van der Waals surface area contributed by atoms with Gasteiger partial charge in [-0.3, -0.25) is 0 Å². The summed E-state index contributed by atoms with van der Waals surface area (Å²) in [5.74, 6) is -24.2. The molecule has 16 bridgehead atoms. The van der Waals surface area contributed by atoms with Crippen LogP contribution in [-0.4, -0.2) is 153 Å².